The zero-order valence-electron chi connectivity index (χ0n) is 9.88. The third kappa shape index (κ3) is 2.33. The predicted octanol–water partition coefficient (Wildman–Crippen LogP) is 1.72. The van der Waals surface area contributed by atoms with Gasteiger partial charge in [0.15, 0.2) is 0 Å². The van der Waals surface area contributed by atoms with Gasteiger partial charge in [0.05, 0.1) is 5.92 Å². The molecule has 15 heavy (non-hydrogen) atoms. The molecule has 0 aromatic rings. The number of carbonyl (C=O) groups is 1. The van der Waals surface area contributed by atoms with Gasteiger partial charge < -0.3 is 10.1 Å². The number of hydrogen-bond donors (Lipinski definition) is 1. The lowest BCUT2D eigenvalue weighted by Crippen LogP contribution is -2.56. The van der Waals surface area contributed by atoms with Crippen molar-refractivity contribution >= 4 is 5.97 Å². The minimum atomic E-state index is -0.343. The topological polar surface area (TPSA) is 38.3 Å². The van der Waals surface area contributed by atoms with Gasteiger partial charge in [-0.25, -0.2) is 0 Å². The Balaban J connectivity index is 1.88. The standard InChI is InChI=1S/C12H21NO2/c1-12(2,3)15-11(14)9-7-10-8(9)5-4-6-13-10/h8-10,13H,4-7H2,1-3H3/t8-,9+,10+/m1/s1. The number of esters is 1. The molecule has 2 fully saturated rings. The summed E-state index contributed by atoms with van der Waals surface area (Å²) in [6, 6.07) is 0.580. The van der Waals surface area contributed by atoms with Gasteiger partial charge in [0.2, 0.25) is 0 Å². The monoisotopic (exact) mass is 211 g/mol. The molecule has 86 valence electrons. The third-order valence-electron chi connectivity index (χ3n) is 3.37. The van der Waals surface area contributed by atoms with Crippen LogP contribution in [0.4, 0.5) is 0 Å². The molecule has 0 unspecified atom stereocenters. The minimum absolute atomic E-state index is 0.00690. The molecular weight excluding hydrogens is 190 g/mol. The van der Waals surface area contributed by atoms with Gasteiger partial charge in [-0.3, -0.25) is 4.79 Å². The molecule has 3 heteroatoms. The lowest BCUT2D eigenvalue weighted by atomic mass is 9.65. The SMILES string of the molecule is CC(C)(C)OC(=O)[C@H]1C[C@@H]2NCCC[C@@H]21. The fourth-order valence-corrected chi connectivity index (χ4v) is 2.62. The van der Waals surface area contributed by atoms with Gasteiger partial charge in [0, 0.05) is 6.04 Å². The highest BCUT2D eigenvalue weighted by atomic mass is 16.6. The first-order valence-electron chi connectivity index (χ1n) is 5.93. The maximum absolute atomic E-state index is 11.8. The van der Waals surface area contributed by atoms with Crippen LogP contribution in [0.3, 0.4) is 0 Å². The second-order valence-electron chi connectivity index (χ2n) is 5.74. The van der Waals surface area contributed by atoms with Crippen molar-refractivity contribution in [3.05, 3.63) is 0 Å². The maximum Gasteiger partial charge on any atom is 0.309 e. The van der Waals surface area contributed by atoms with Crippen molar-refractivity contribution in [3.63, 3.8) is 0 Å². The first-order valence-corrected chi connectivity index (χ1v) is 5.93. The quantitative estimate of drug-likeness (QED) is 0.671. The van der Waals surface area contributed by atoms with Crippen molar-refractivity contribution in [2.75, 3.05) is 6.54 Å². The van der Waals surface area contributed by atoms with E-state index in [0.29, 0.717) is 12.0 Å². The summed E-state index contributed by atoms with van der Waals surface area (Å²) >= 11 is 0. The molecule has 1 heterocycles. The number of hydrogen-bond acceptors (Lipinski definition) is 3. The van der Waals surface area contributed by atoms with Crippen molar-refractivity contribution in [1.29, 1.82) is 0 Å². The first-order chi connectivity index (χ1) is 6.97. The lowest BCUT2D eigenvalue weighted by molar-refractivity contribution is -0.168. The van der Waals surface area contributed by atoms with Crippen LogP contribution in [-0.2, 0) is 9.53 Å². The van der Waals surface area contributed by atoms with Crippen molar-refractivity contribution in [2.45, 2.75) is 51.7 Å². The highest BCUT2D eigenvalue weighted by molar-refractivity contribution is 5.74. The second-order valence-corrected chi connectivity index (χ2v) is 5.74. The van der Waals surface area contributed by atoms with E-state index in [2.05, 4.69) is 5.32 Å². The summed E-state index contributed by atoms with van der Waals surface area (Å²) in [7, 11) is 0. The molecule has 1 aliphatic heterocycles. The normalized spacial score (nSPS) is 35.3. The molecule has 2 rings (SSSR count). The predicted molar refractivity (Wildman–Crippen MR) is 58.5 cm³/mol. The van der Waals surface area contributed by atoms with Crippen molar-refractivity contribution < 1.29 is 9.53 Å². The van der Waals surface area contributed by atoms with Crippen LogP contribution in [0.1, 0.15) is 40.0 Å². The Labute approximate surface area is 91.6 Å². The zero-order chi connectivity index (χ0) is 11.1. The molecule has 1 saturated carbocycles. The molecule has 3 atom stereocenters. The molecule has 2 aliphatic rings. The van der Waals surface area contributed by atoms with Crippen LogP contribution in [0.2, 0.25) is 0 Å². The molecule has 0 aromatic heterocycles. The van der Waals surface area contributed by atoms with E-state index in [0.717, 1.165) is 13.0 Å². The molecule has 3 nitrogen and oxygen atoms in total. The molecule has 0 amide bonds. The second kappa shape index (κ2) is 3.78. The molecule has 0 radical (unpaired) electrons. The molecule has 0 aromatic carbocycles. The Kier molecular flexibility index (Phi) is 2.75. The van der Waals surface area contributed by atoms with Gasteiger partial charge in [-0.1, -0.05) is 0 Å². The van der Waals surface area contributed by atoms with Gasteiger partial charge in [0.25, 0.3) is 0 Å². The summed E-state index contributed by atoms with van der Waals surface area (Å²) in [5.74, 6) is 0.697. The molecule has 0 spiro atoms. The van der Waals surface area contributed by atoms with Gasteiger partial charge in [-0.2, -0.15) is 0 Å². The summed E-state index contributed by atoms with van der Waals surface area (Å²) in [4.78, 5) is 11.8. The van der Waals surface area contributed by atoms with E-state index >= 15 is 0 Å². The van der Waals surface area contributed by atoms with Crippen LogP contribution in [0.25, 0.3) is 0 Å². The largest absolute Gasteiger partial charge is 0.460 e. The van der Waals surface area contributed by atoms with Crippen LogP contribution in [-0.4, -0.2) is 24.2 Å². The Morgan fingerprint density at radius 3 is 2.73 bits per heavy atom. The summed E-state index contributed by atoms with van der Waals surface area (Å²) in [5, 5.41) is 3.46. The van der Waals surface area contributed by atoms with Gasteiger partial charge in [-0.05, 0) is 52.5 Å². The van der Waals surface area contributed by atoms with Crippen molar-refractivity contribution in [3.8, 4) is 0 Å². The van der Waals surface area contributed by atoms with Crippen LogP contribution in [0, 0.1) is 11.8 Å². The summed E-state index contributed by atoms with van der Waals surface area (Å²) in [6.45, 7) is 6.91. The minimum Gasteiger partial charge on any atom is -0.460 e. The van der Waals surface area contributed by atoms with E-state index in [9.17, 15) is 4.79 Å². The Bertz CT molecular complexity index is 257. The average Bonchev–Trinajstić information content (AvgIpc) is 2.03. The summed E-state index contributed by atoms with van der Waals surface area (Å²) < 4.78 is 5.42. The van der Waals surface area contributed by atoms with Crippen molar-refractivity contribution in [1.82, 2.24) is 5.32 Å². The molecule has 1 aliphatic carbocycles. The Morgan fingerprint density at radius 1 is 1.40 bits per heavy atom. The molecular formula is C12H21NO2. The number of carbonyl (C=O) groups excluding carboxylic acids is 1. The van der Waals surface area contributed by atoms with Crippen molar-refractivity contribution in [2.24, 2.45) is 11.8 Å². The fourth-order valence-electron chi connectivity index (χ4n) is 2.62. The van der Waals surface area contributed by atoms with Crippen LogP contribution in [0.5, 0.6) is 0 Å². The van der Waals surface area contributed by atoms with E-state index in [1.807, 2.05) is 20.8 Å². The highest BCUT2D eigenvalue weighted by Gasteiger charge is 2.47. The van der Waals surface area contributed by atoms with E-state index in [-0.39, 0.29) is 17.5 Å². The van der Waals surface area contributed by atoms with Gasteiger partial charge in [0.1, 0.15) is 5.60 Å². The van der Waals surface area contributed by atoms with Crippen LogP contribution >= 0.6 is 0 Å². The summed E-state index contributed by atoms with van der Waals surface area (Å²) in [5.41, 5.74) is -0.343. The average molecular weight is 211 g/mol. The molecule has 1 saturated heterocycles. The Morgan fingerprint density at radius 2 is 2.13 bits per heavy atom. The third-order valence-corrected chi connectivity index (χ3v) is 3.37. The highest BCUT2D eigenvalue weighted by Crippen LogP contribution is 2.41. The number of rotatable bonds is 1. The smallest absolute Gasteiger partial charge is 0.309 e. The molecule has 0 bridgehead atoms. The van der Waals surface area contributed by atoms with Crippen LogP contribution < -0.4 is 5.32 Å². The van der Waals surface area contributed by atoms with E-state index < -0.39 is 0 Å². The zero-order valence-corrected chi connectivity index (χ0v) is 9.88. The lowest BCUT2D eigenvalue weighted by Gasteiger charge is -2.47. The van der Waals surface area contributed by atoms with Gasteiger partial charge >= 0.3 is 5.97 Å². The summed E-state index contributed by atoms with van der Waals surface area (Å²) in [6.07, 6.45) is 3.35. The Hall–Kier alpha value is -0.570. The van der Waals surface area contributed by atoms with Gasteiger partial charge in [-0.15, -0.1) is 0 Å². The number of nitrogens with one attached hydrogen (secondary N) is 1. The van der Waals surface area contributed by atoms with E-state index in [4.69, 9.17) is 4.74 Å². The maximum atomic E-state index is 11.8. The number of piperidine rings is 1. The number of ether oxygens (including phenoxy) is 1. The van der Waals surface area contributed by atoms with Crippen LogP contribution in [0.15, 0.2) is 0 Å². The fraction of sp³-hybridized carbons (Fsp3) is 0.917. The first kappa shape index (κ1) is 10.9. The van der Waals surface area contributed by atoms with E-state index in [1.54, 1.807) is 0 Å². The molecule has 1 N–H and O–H groups in total. The van der Waals surface area contributed by atoms with E-state index in [1.165, 1.54) is 12.8 Å². The number of fused-ring (bicyclic) bond motifs is 1.